The molecule has 6 nitrogen and oxygen atoms in total. The number of carbonyl (C=O) groups excluding carboxylic acids is 2. The van der Waals surface area contributed by atoms with Gasteiger partial charge < -0.3 is 19.5 Å². The summed E-state index contributed by atoms with van der Waals surface area (Å²) in [5.74, 6) is -0.388. The van der Waals surface area contributed by atoms with Crippen LogP contribution in [0.15, 0.2) is 48.0 Å². The predicted octanol–water partition coefficient (Wildman–Crippen LogP) is 5.22. The molecule has 3 rings (SSSR count). The lowest BCUT2D eigenvalue weighted by atomic mass is 9.85. The van der Waals surface area contributed by atoms with Gasteiger partial charge in [-0.2, -0.15) is 0 Å². The summed E-state index contributed by atoms with van der Waals surface area (Å²) in [6.07, 6.45) is 0.684. The smallest absolute Gasteiger partial charge is 0.295 e. The summed E-state index contributed by atoms with van der Waals surface area (Å²) in [5.41, 5.74) is 2.01. The molecule has 1 aliphatic heterocycles. The van der Waals surface area contributed by atoms with Crippen molar-refractivity contribution in [2.75, 3.05) is 20.3 Å². The van der Waals surface area contributed by atoms with Crippen LogP contribution in [0.25, 0.3) is 5.76 Å². The van der Waals surface area contributed by atoms with Crippen LogP contribution in [0, 0.1) is 0 Å². The van der Waals surface area contributed by atoms with Crippen LogP contribution in [0.1, 0.15) is 63.8 Å². The van der Waals surface area contributed by atoms with Gasteiger partial charge in [0.05, 0.1) is 30.9 Å². The van der Waals surface area contributed by atoms with E-state index in [9.17, 15) is 14.7 Å². The minimum absolute atomic E-state index is 0.0713. The molecule has 1 unspecified atom stereocenters. The lowest BCUT2D eigenvalue weighted by molar-refractivity contribution is -0.139. The van der Waals surface area contributed by atoms with E-state index in [1.807, 2.05) is 50.2 Å². The number of likely N-dealkylation sites (tertiary alicyclic amines) is 1. The maximum Gasteiger partial charge on any atom is 0.295 e. The SMILES string of the molecule is CCCN1C(=O)C(=O)/C(=C(/O)c2cc(C(C)(C)C)ccc2OC)C1c1ccc(OCC)cc1. The molecule has 0 aromatic heterocycles. The Morgan fingerprint density at radius 2 is 1.73 bits per heavy atom. The third-order valence-corrected chi connectivity index (χ3v) is 5.83. The topological polar surface area (TPSA) is 76.1 Å². The normalized spacial score (nSPS) is 18.0. The second kappa shape index (κ2) is 9.69. The third-order valence-electron chi connectivity index (χ3n) is 5.83. The zero-order valence-electron chi connectivity index (χ0n) is 20.3. The lowest BCUT2D eigenvalue weighted by Gasteiger charge is -2.25. The summed E-state index contributed by atoms with van der Waals surface area (Å²) >= 11 is 0. The number of hydrogen-bond donors (Lipinski definition) is 1. The molecule has 0 bridgehead atoms. The first-order valence-corrected chi connectivity index (χ1v) is 11.3. The van der Waals surface area contributed by atoms with Crippen LogP contribution in [-0.2, 0) is 15.0 Å². The molecule has 1 heterocycles. The van der Waals surface area contributed by atoms with E-state index < -0.39 is 17.7 Å². The average molecular weight is 452 g/mol. The minimum Gasteiger partial charge on any atom is -0.507 e. The Morgan fingerprint density at radius 1 is 1.06 bits per heavy atom. The highest BCUT2D eigenvalue weighted by atomic mass is 16.5. The van der Waals surface area contributed by atoms with Crippen molar-refractivity contribution in [1.29, 1.82) is 0 Å². The largest absolute Gasteiger partial charge is 0.507 e. The summed E-state index contributed by atoms with van der Waals surface area (Å²) in [6, 6.07) is 12.1. The van der Waals surface area contributed by atoms with E-state index >= 15 is 0 Å². The Morgan fingerprint density at radius 3 is 2.27 bits per heavy atom. The van der Waals surface area contributed by atoms with Crippen LogP contribution in [0.4, 0.5) is 0 Å². The van der Waals surface area contributed by atoms with Gasteiger partial charge >= 0.3 is 0 Å². The van der Waals surface area contributed by atoms with Gasteiger partial charge in [-0.25, -0.2) is 0 Å². The van der Waals surface area contributed by atoms with Crippen LogP contribution < -0.4 is 9.47 Å². The molecule has 1 aliphatic rings. The molecule has 2 aromatic rings. The zero-order valence-corrected chi connectivity index (χ0v) is 20.3. The van der Waals surface area contributed by atoms with Crippen molar-refractivity contribution in [2.24, 2.45) is 0 Å². The Bertz CT molecular complexity index is 1060. The molecule has 1 fully saturated rings. The number of nitrogens with zero attached hydrogens (tertiary/aromatic N) is 1. The van der Waals surface area contributed by atoms with Crippen molar-refractivity contribution in [1.82, 2.24) is 4.90 Å². The van der Waals surface area contributed by atoms with E-state index in [0.717, 1.165) is 11.1 Å². The molecule has 0 spiro atoms. The van der Waals surface area contributed by atoms with Crippen molar-refractivity contribution >= 4 is 17.4 Å². The summed E-state index contributed by atoms with van der Waals surface area (Å²) in [5, 5.41) is 11.4. The van der Waals surface area contributed by atoms with Gasteiger partial charge in [0.1, 0.15) is 17.3 Å². The second-order valence-electron chi connectivity index (χ2n) is 9.16. The fourth-order valence-corrected chi connectivity index (χ4v) is 4.12. The summed E-state index contributed by atoms with van der Waals surface area (Å²) in [4.78, 5) is 27.6. The van der Waals surface area contributed by atoms with Gasteiger partial charge in [0, 0.05) is 6.54 Å². The number of aliphatic hydroxyl groups is 1. The van der Waals surface area contributed by atoms with Crippen molar-refractivity contribution in [3.8, 4) is 11.5 Å². The first kappa shape index (κ1) is 24.4. The molecule has 1 atom stereocenters. The van der Waals surface area contributed by atoms with Gasteiger partial charge in [-0.05, 0) is 54.2 Å². The highest BCUT2D eigenvalue weighted by Crippen LogP contribution is 2.42. The molecule has 0 aliphatic carbocycles. The maximum atomic E-state index is 13.2. The van der Waals surface area contributed by atoms with E-state index in [2.05, 4.69) is 20.8 Å². The molecule has 0 radical (unpaired) electrons. The molecule has 1 N–H and O–H groups in total. The summed E-state index contributed by atoms with van der Waals surface area (Å²) in [7, 11) is 1.52. The Kier molecular flexibility index (Phi) is 7.15. The standard InChI is InChI=1S/C27H33NO5/c1-7-15-28-23(17-9-12-19(13-10-17)33-8-2)22(25(30)26(28)31)24(29)20-16-18(27(3,4)5)11-14-21(20)32-6/h9-14,16,23,29H,7-8,15H2,1-6H3/b24-22+. The summed E-state index contributed by atoms with van der Waals surface area (Å²) < 4.78 is 11.0. The van der Waals surface area contributed by atoms with Crippen LogP contribution in [-0.4, -0.2) is 42.0 Å². The highest BCUT2D eigenvalue weighted by molar-refractivity contribution is 6.46. The summed E-state index contributed by atoms with van der Waals surface area (Å²) in [6.45, 7) is 11.0. The molecule has 1 amide bonds. The number of hydrogen-bond acceptors (Lipinski definition) is 5. The van der Waals surface area contributed by atoms with E-state index in [4.69, 9.17) is 9.47 Å². The minimum atomic E-state index is -0.692. The number of Topliss-reactive ketones (excluding diaryl/α,β-unsaturated/α-hetero) is 1. The van der Waals surface area contributed by atoms with Crippen LogP contribution in [0.2, 0.25) is 0 Å². The van der Waals surface area contributed by atoms with Crippen molar-refractivity contribution in [2.45, 2.75) is 52.5 Å². The van der Waals surface area contributed by atoms with Gasteiger partial charge in [0.25, 0.3) is 11.7 Å². The third kappa shape index (κ3) is 4.75. The van der Waals surface area contributed by atoms with Crippen LogP contribution in [0.5, 0.6) is 11.5 Å². The molecule has 1 saturated heterocycles. The number of aliphatic hydroxyl groups excluding tert-OH is 1. The quantitative estimate of drug-likeness (QED) is 0.355. The van der Waals surface area contributed by atoms with Crippen LogP contribution in [0.3, 0.4) is 0 Å². The zero-order chi connectivity index (χ0) is 24.3. The highest BCUT2D eigenvalue weighted by Gasteiger charge is 2.46. The van der Waals surface area contributed by atoms with E-state index in [1.165, 1.54) is 12.0 Å². The van der Waals surface area contributed by atoms with E-state index in [1.54, 1.807) is 6.07 Å². The molecule has 176 valence electrons. The number of benzene rings is 2. The molecule has 6 heteroatoms. The van der Waals surface area contributed by atoms with Crippen molar-refractivity contribution < 1.29 is 24.2 Å². The van der Waals surface area contributed by atoms with Crippen molar-refractivity contribution in [3.05, 3.63) is 64.7 Å². The monoisotopic (exact) mass is 451 g/mol. The number of amides is 1. The number of carbonyl (C=O) groups is 2. The number of rotatable bonds is 7. The van der Waals surface area contributed by atoms with Gasteiger partial charge in [0.15, 0.2) is 0 Å². The predicted molar refractivity (Wildman–Crippen MR) is 129 cm³/mol. The molecule has 33 heavy (non-hydrogen) atoms. The molecular weight excluding hydrogens is 418 g/mol. The molecule has 0 saturated carbocycles. The maximum absolute atomic E-state index is 13.2. The first-order valence-electron chi connectivity index (χ1n) is 11.3. The second-order valence-corrected chi connectivity index (χ2v) is 9.16. The fraction of sp³-hybridized carbons (Fsp3) is 0.407. The first-order chi connectivity index (χ1) is 15.6. The van der Waals surface area contributed by atoms with Crippen LogP contribution >= 0.6 is 0 Å². The lowest BCUT2D eigenvalue weighted by Crippen LogP contribution is -2.30. The van der Waals surface area contributed by atoms with Gasteiger partial charge in [0.2, 0.25) is 0 Å². The Labute approximate surface area is 195 Å². The average Bonchev–Trinajstić information content (AvgIpc) is 3.03. The molecular formula is C27H33NO5. The van der Waals surface area contributed by atoms with E-state index in [-0.39, 0.29) is 16.7 Å². The fourth-order valence-electron chi connectivity index (χ4n) is 4.12. The number of methoxy groups -OCH3 is 1. The van der Waals surface area contributed by atoms with Crippen molar-refractivity contribution in [3.63, 3.8) is 0 Å². The van der Waals surface area contributed by atoms with Gasteiger partial charge in [-0.1, -0.05) is 45.9 Å². The molecule has 2 aromatic carbocycles. The Balaban J connectivity index is 2.22. The van der Waals surface area contributed by atoms with E-state index in [0.29, 0.717) is 36.6 Å². The van der Waals surface area contributed by atoms with Gasteiger partial charge in [-0.3, -0.25) is 9.59 Å². The number of ether oxygens (including phenoxy) is 2. The number of ketones is 1. The Hall–Kier alpha value is -3.28. The van der Waals surface area contributed by atoms with Gasteiger partial charge in [-0.15, -0.1) is 0 Å².